The van der Waals surface area contributed by atoms with Gasteiger partial charge in [-0.3, -0.25) is 19.2 Å². The number of fused-ring (bicyclic) bond motifs is 8. The van der Waals surface area contributed by atoms with E-state index < -0.39 is 165 Å². The number of carboxylic acids is 4. The van der Waals surface area contributed by atoms with Crippen LogP contribution in [0.5, 0.6) is 23.0 Å². The lowest BCUT2D eigenvalue weighted by atomic mass is 9.88. The molecule has 9 rings (SSSR count). The van der Waals surface area contributed by atoms with E-state index in [1.807, 2.05) is 0 Å². The van der Waals surface area contributed by atoms with Crippen molar-refractivity contribution in [1.82, 2.24) is 0 Å². The first kappa shape index (κ1) is 78.7. The Hall–Kier alpha value is -13.4. The van der Waals surface area contributed by atoms with Gasteiger partial charge in [-0.05, 0) is 249 Å². The van der Waals surface area contributed by atoms with Crippen LogP contribution in [0.15, 0.2) is 121 Å². The van der Waals surface area contributed by atoms with Crippen LogP contribution in [0.25, 0.3) is 0 Å². The molecule has 28 heteroatoms. The predicted molar refractivity (Wildman–Crippen MR) is 390 cm³/mol. The highest BCUT2D eigenvalue weighted by Crippen LogP contribution is 2.41. The Morgan fingerprint density at radius 3 is 0.528 bits per heavy atom. The summed E-state index contributed by atoms with van der Waals surface area (Å²) in [6.45, 7) is 18.9. The Bertz CT molecular complexity index is 4430. The number of amides is 4. The Morgan fingerprint density at radius 1 is 0.241 bits per heavy atom. The summed E-state index contributed by atoms with van der Waals surface area (Å²) in [5.74, 6) is -16.4. The number of anilines is 4. The molecule has 0 saturated heterocycles. The highest BCUT2D eigenvalue weighted by atomic mass is 16.6. The summed E-state index contributed by atoms with van der Waals surface area (Å²) in [4.78, 5) is 163. The SMILES string of the molecule is CC(C)(C)OC(=O)c1cc(NC(=O)c2cc3c(O)c(c2)Cc2cc(C(=O)Nc4cc(C(=O)O)cc(C(=O)OC(C)(C)C)c4)cc(c2O)Cc2cc(C(=O)Nc4cc(C(=O)O)cc(C(=O)OC(C)(C)C)c4)cc(c2O)Cc2cc(C(=O)Nc4cc(C(=O)O)cc(C(=O)OC(C)(C)C)c4)cc(c2O)C3)cc(C(=O)O)c1. The smallest absolute Gasteiger partial charge is 0.338 e. The van der Waals surface area contributed by atoms with Crippen LogP contribution in [0.1, 0.15) is 252 Å². The summed E-state index contributed by atoms with van der Waals surface area (Å²) < 4.78 is 22.0. The van der Waals surface area contributed by atoms with E-state index >= 15 is 0 Å². The quantitative estimate of drug-likeness (QED) is 0.0316. The van der Waals surface area contributed by atoms with Crippen LogP contribution in [0.4, 0.5) is 22.7 Å². The second-order valence-electron chi connectivity index (χ2n) is 29.5. The lowest BCUT2D eigenvalue weighted by Crippen LogP contribution is -2.24. The van der Waals surface area contributed by atoms with Gasteiger partial charge in [0.05, 0.1) is 44.5 Å². The first-order chi connectivity index (χ1) is 50.1. The number of nitrogens with one attached hydrogen (secondary N) is 4. The number of hydrogen-bond donors (Lipinski definition) is 12. The van der Waals surface area contributed by atoms with E-state index in [1.54, 1.807) is 83.1 Å². The minimum absolute atomic E-state index is 0.216. The third-order valence-corrected chi connectivity index (χ3v) is 15.9. The van der Waals surface area contributed by atoms with E-state index in [2.05, 4.69) is 21.3 Å². The van der Waals surface area contributed by atoms with E-state index in [-0.39, 0.29) is 112 Å². The van der Waals surface area contributed by atoms with Gasteiger partial charge in [-0.25, -0.2) is 38.4 Å². The lowest BCUT2D eigenvalue weighted by Gasteiger charge is -2.21. The molecule has 0 radical (unpaired) electrons. The normalized spacial score (nSPS) is 12.1. The first-order valence-electron chi connectivity index (χ1n) is 33.2. The average Bonchev–Trinajstić information content (AvgIpc) is 0.772. The summed E-state index contributed by atoms with van der Waals surface area (Å²) in [6.07, 6.45) is -2.57. The van der Waals surface area contributed by atoms with Gasteiger partial charge >= 0.3 is 47.8 Å². The third kappa shape index (κ3) is 19.7. The summed E-state index contributed by atoms with van der Waals surface area (Å²) in [5.41, 5.74) is -11.1. The maximum Gasteiger partial charge on any atom is 0.338 e. The van der Waals surface area contributed by atoms with Crippen LogP contribution in [-0.4, -0.2) is 135 Å². The molecular formula is C80H76N4O24. The van der Waals surface area contributed by atoms with Crippen LogP contribution in [0.2, 0.25) is 0 Å². The molecule has 1 aliphatic rings. The zero-order chi connectivity index (χ0) is 79.7. The maximum absolute atomic E-state index is 14.9. The number of ether oxygens (including phenoxy) is 4. The number of esters is 4. The number of aromatic hydroxyl groups is 4. The van der Waals surface area contributed by atoms with E-state index in [0.717, 1.165) is 121 Å². The molecule has 8 aromatic rings. The molecule has 8 bridgehead atoms. The Labute approximate surface area is 616 Å². The number of carboxylic acid groups (broad SMARTS) is 4. The fraction of sp³-hybridized carbons (Fsp3) is 0.250. The minimum atomic E-state index is -1.50. The number of hydrogen-bond acceptors (Lipinski definition) is 20. The summed E-state index contributed by atoms with van der Waals surface area (Å²) >= 11 is 0. The Balaban J connectivity index is 1.28. The third-order valence-electron chi connectivity index (χ3n) is 15.9. The first-order valence-corrected chi connectivity index (χ1v) is 33.2. The number of phenols is 4. The van der Waals surface area contributed by atoms with Crippen molar-refractivity contribution in [2.75, 3.05) is 21.3 Å². The number of benzene rings is 8. The van der Waals surface area contributed by atoms with Crippen LogP contribution >= 0.6 is 0 Å². The zero-order valence-electron chi connectivity index (χ0n) is 60.5. The number of phenolic OH excluding ortho intramolecular Hbond substituents is 4. The standard InChI is InChI=1S/C80H76N4O24/c1-77(2,3)105-73(101)53-25-49(69(93)94)29-57(33-53)81-65(89)45-17-37-13-39-19-46(66(90)82-58-30-50(70(95)96)26-54(34-58)74(102)106-78(4,5)6)21-41(62(39)86)15-43-23-48(68(92)84-60-32-52(72(99)100)28-56(36-60)76(104)108-80(10,11)12)24-44(64(43)88)16-42-22-47(20-40(63(42)87)14-38(18-45)61(37)85)67(91)83-59-31-51(71(97)98)27-55(35-59)75(103)107-79(7,8)9/h17-36,85-88H,13-16H2,1-12H3,(H,81,89)(H,82,90)(H,83,91)(H,84,92)(H,93,94)(H,95,96)(H,97,98)(H,99,100). The molecule has 28 nitrogen and oxygen atoms in total. The van der Waals surface area contributed by atoms with Gasteiger partial charge in [0.1, 0.15) is 45.4 Å². The molecule has 8 aromatic carbocycles. The van der Waals surface area contributed by atoms with Crippen LogP contribution in [-0.2, 0) is 44.6 Å². The van der Waals surface area contributed by atoms with Crippen molar-refractivity contribution in [3.05, 3.63) is 233 Å². The van der Waals surface area contributed by atoms with Gasteiger partial charge in [-0.1, -0.05) is 0 Å². The zero-order valence-corrected chi connectivity index (χ0v) is 60.5. The summed E-state index contributed by atoms with van der Waals surface area (Å²) in [5, 5.41) is 102. The molecule has 0 fully saturated rings. The van der Waals surface area contributed by atoms with Crippen molar-refractivity contribution in [3.63, 3.8) is 0 Å². The Kier molecular flexibility index (Phi) is 22.1. The Morgan fingerprint density at radius 2 is 0.389 bits per heavy atom. The highest BCUT2D eigenvalue weighted by Gasteiger charge is 2.30. The average molecular weight is 1480 g/mol. The number of aromatic carboxylic acids is 4. The molecule has 0 aromatic heterocycles. The molecule has 0 aliphatic heterocycles. The molecule has 108 heavy (non-hydrogen) atoms. The predicted octanol–water partition coefficient (Wildman–Crippen LogP) is 12.8. The monoisotopic (exact) mass is 1480 g/mol. The van der Waals surface area contributed by atoms with Gasteiger partial charge in [0.2, 0.25) is 0 Å². The van der Waals surface area contributed by atoms with Gasteiger partial charge in [-0.2, -0.15) is 0 Å². The second kappa shape index (κ2) is 30.4. The molecule has 0 atom stereocenters. The van der Waals surface area contributed by atoms with Crippen molar-refractivity contribution in [2.24, 2.45) is 0 Å². The summed E-state index contributed by atoms with van der Waals surface area (Å²) in [7, 11) is 0. The van der Waals surface area contributed by atoms with Crippen molar-refractivity contribution < 1.29 is 117 Å². The van der Waals surface area contributed by atoms with Crippen molar-refractivity contribution in [1.29, 1.82) is 0 Å². The molecule has 0 heterocycles. The maximum atomic E-state index is 14.9. The molecule has 0 saturated carbocycles. The van der Waals surface area contributed by atoms with Gasteiger partial charge < -0.3 is 81.1 Å². The van der Waals surface area contributed by atoms with Gasteiger partial charge in [0.25, 0.3) is 23.6 Å². The molecule has 1 aliphatic carbocycles. The largest absolute Gasteiger partial charge is 0.507 e. The van der Waals surface area contributed by atoms with Crippen LogP contribution in [0, 0.1) is 0 Å². The molecule has 0 unspecified atom stereocenters. The fourth-order valence-corrected chi connectivity index (χ4v) is 11.4. The van der Waals surface area contributed by atoms with E-state index in [4.69, 9.17) is 18.9 Å². The number of carbonyl (C=O) groups is 12. The molecule has 12 N–H and O–H groups in total. The molecular weight excluding hydrogens is 1400 g/mol. The van der Waals surface area contributed by atoms with Gasteiger partial charge in [-0.15, -0.1) is 0 Å². The highest BCUT2D eigenvalue weighted by molar-refractivity contribution is 6.10. The summed E-state index contributed by atoms with van der Waals surface area (Å²) in [6, 6.07) is 22.1. The van der Waals surface area contributed by atoms with Gasteiger partial charge in [0.15, 0.2) is 0 Å². The van der Waals surface area contributed by atoms with Crippen molar-refractivity contribution in [2.45, 2.75) is 131 Å². The fourth-order valence-electron chi connectivity index (χ4n) is 11.4. The van der Waals surface area contributed by atoms with Crippen LogP contribution < -0.4 is 21.3 Å². The van der Waals surface area contributed by atoms with Crippen molar-refractivity contribution >= 4 is 94.1 Å². The topological polar surface area (TPSA) is 452 Å². The van der Waals surface area contributed by atoms with E-state index in [9.17, 15) is 98.4 Å². The molecule has 560 valence electrons. The number of rotatable bonds is 16. The van der Waals surface area contributed by atoms with Crippen molar-refractivity contribution in [3.8, 4) is 23.0 Å². The minimum Gasteiger partial charge on any atom is -0.507 e. The van der Waals surface area contributed by atoms with E-state index in [1.165, 1.54) is 0 Å². The number of carbonyl (C=O) groups excluding carboxylic acids is 8. The molecule has 4 amide bonds. The van der Waals surface area contributed by atoms with Crippen LogP contribution in [0.3, 0.4) is 0 Å². The lowest BCUT2D eigenvalue weighted by molar-refractivity contribution is 0.00569. The van der Waals surface area contributed by atoms with Gasteiger partial charge in [0, 0.05) is 70.7 Å². The van der Waals surface area contributed by atoms with E-state index in [0.29, 0.717) is 0 Å². The second-order valence-corrected chi connectivity index (χ2v) is 29.5. The molecule has 0 spiro atoms.